The molecule has 1 fully saturated rings. The number of halogens is 2. The summed E-state index contributed by atoms with van der Waals surface area (Å²) in [7, 11) is -3.06. The fourth-order valence-corrected chi connectivity index (χ4v) is 5.93. The number of nitrogens with one attached hydrogen (secondary N) is 1. The minimum atomic E-state index is -3.06. The van der Waals surface area contributed by atoms with Gasteiger partial charge in [0.2, 0.25) is 0 Å². The molecule has 0 saturated carbocycles. The van der Waals surface area contributed by atoms with Gasteiger partial charge in [-0.05, 0) is 48.4 Å². The highest BCUT2D eigenvalue weighted by Gasteiger charge is 2.33. The Labute approximate surface area is 192 Å². The zero-order chi connectivity index (χ0) is 22.3. The van der Waals surface area contributed by atoms with E-state index in [4.69, 9.17) is 23.2 Å². The van der Waals surface area contributed by atoms with Crippen molar-refractivity contribution in [3.63, 3.8) is 0 Å². The number of benzene rings is 1. The van der Waals surface area contributed by atoms with Crippen LogP contribution in [0.3, 0.4) is 0 Å². The van der Waals surface area contributed by atoms with Gasteiger partial charge in [0.1, 0.15) is 5.82 Å². The number of pyridine rings is 1. The minimum Gasteiger partial charge on any atom is -0.340 e. The normalized spacial score (nSPS) is 22.6. The van der Waals surface area contributed by atoms with Crippen LogP contribution in [0.15, 0.2) is 24.4 Å². The molecule has 9 heteroatoms. The molecule has 1 N–H and O–H groups in total. The third-order valence-corrected chi connectivity index (χ3v) is 8.57. The molecular formula is C22H25Cl2N3O3S. The molecule has 1 saturated heterocycles. The molecule has 2 aromatic rings. The van der Waals surface area contributed by atoms with Crippen molar-refractivity contribution in [3.8, 4) is 0 Å². The predicted octanol–water partition coefficient (Wildman–Crippen LogP) is 5.00. The van der Waals surface area contributed by atoms with Gasteiger partial charge >= 0.3 is 0 Å². The number of carbonyl (C=O) groups is 1. The summed E-state index contributed by atoms with van der Waals surface area (Å²) in [5.74, 6) is 1.04. The summed E-state index contributed by atoms with van der Waals surface area (Å²) in [5, 5.41) is 4.28. The van der Waals surface area contributed by atoms with Gasteiger partial charge in [0.15, 0.2) is 9.84 Å². The molecule has 0 radical (unpaired) electrons. The summed E-state index contributed by atoms with van der Waals surface area (Å²) in [5.41, 5.74) is 3.40. The molecule has 2 heterocycles. The van der Waals surface area contributed by atoms with Gasteiger partial charge in [-0.2, -0.15) is 0 Å². The number of anilines is 2. The van der Waals surface area contributed by atoms with Crippen LogP contribution in [0.25, 0.3) is 0 Å². The Bertz CT molecular complexity index is 1120. The van der Waals surface area contributed by atoms with E-state index in [1.54, 1.807) is 23.2 Å². The fourth-order valence-electron chi connectivity index (χ4n) is 4.43. The first-order chi connectivity index (χ1) is 14.7. The van der Waals surface area contributed by atoms with Crippen molar-refractivity contribution in [1.29, 1.82) is 0 Å². The summed E-state index contributed by atoms with van der Waals surface area (Å²) in [4.78, 5) is 19.6. The third-order valence-electron chi connectivity index (χ3n) is 6.22. The summed E-state index contributed by atoms with van der Waals surface area (Å²) in [6, 6.07) is 5.32. The second kappa shape index (κ2) is 8.60. The van der Waals surface area contributed by atoms with E-state index in [0.717, 1.165) is 29.7 Å². The molecule has 1 aliphatic heterocycles. The second-order valence-electron chi connectivity index (χ2n) is 8.43. The largest absolute Gasteiger partial charge is 0.340 e. The van der Waals surface area contributed by atoms with E-state index < -0.39 is 9.84 Å². The van der Waals surface area contributed by atoms with Gasteiger partial charge in [-0.25, -0.2) is 13.4 Å². The molecular weight excluding hydrogens is 457 g/mol. The standard InChI is InChI=1S/C22H25Cl2N3O3S/c1-13-3-4-14(2)20-19(13)16(22(28)27-7-9-31(29,30)10-8-27)12-25-21(20)26-15-5-6-17(23)18(24)11-15/h5-6,11-14H,3-4,7-10H2,1-2H3,(H,25,26). The van der Waals surface area contributed by atoms with Crippen LogP contribution in [0.5, 0.6) is 0 Å². The van der Waals surface area contributed by atoms with Crippen molar-refractivity contribution in [3.05, 3.63) is 51.1 Å². The zero-order valence-corrected chi connectivity index (χ0v) is 19.8. The van der Waals surface area contributed by atoms with Crippen molar-refractivity contribution in [2.75, 3.05) is 29.9 Å². The van der Waals surface area contributed by atoms with Gasteiger partial charge in [0, 0.05) is 30.5 Å². The van der Waals surface area contributed by atoms with Crippen molar-refractivity contribution < 1.29 is 13.2 Å². The van der Waals surface area contributed by atoms with Gasteiger partial charge in [-0.1, -0.05) is 37.0 Å². The number of amides is 1. The van der Waals surface area contributed by atoms with Crippen molar-refractivity contribution >= 4 is 50.5 Å². The van der Waals surface area contributed by atoms with Crippen molar-refractivity contribution in [2.45, 2.75) is 38.5 Å². The summed E-state index contributed by atoms with van der Waals surface area (Å²) in [6.07, 6.45) is 3.61. The van der Waals surface area contributed by atoms with E-state index in [9.17, 15) is 13.2 Å². The van der Waals surface area contributed by atoms with E-state index in [1.165, 1.54) is 0 Å². The van der Waals surface area contributed by atoms with Crippen LogP contribution in [0, 0.1) is 0 Å². The lowest BCUT2D eigenvalue weighted by molar-refractivity contribution is 0.0767. The molecule has 166 valence electrons. The Morgan fingerprint density at radius 3 is 2.35 bits per heavy atom. The molecule has 1 amide bonds. The maximum absolute atomic E-state index is 13.3. The number of fused-ring (bicyclic) bond motifs is 1. The lowest BCUT2D eigenvalue weighted by Gasteiger charge is -2.33. The Balaban J connectivity index is 1.72. The van der Waals surface area contributed by atoms with Gasteiger partial charge in [0.25, 0.3) is 5.91 Å². The molecule has 4 rings (SSSR count). The molecule has 2 unspecified atom stereocenters. The number of hydrogen-bond donors (Lipinski definition) is 1. The number of sulfone groups is 1. The minimum absolute atomic E-state index is 0.0112. The van der Waals surface area contributed by atoms with Crippen molar-refractivity contribution in [1.82, 2.24) is 9.88 Å². The van der Waals surface area contributed by atoms with E-state index in [1.807, 2.05) is 6.07 Å². The van der Waals surface area contributed by atoms with E-state index in [2.05, 4.69) is 24.1 Å². The maximum Gasteiger partial charge on any atom is 0.255 e. The Morgan fingerprint density at radius 2 is 1.71 bits per heavy atom. The van der Waals surface area contributed by atoms with Gasteiger partial charge < -0.3 is 10.2 Å². The van der Waals surface area contributed by atoms with E-state index in [-0.39, 0.29) is 42.3 Å². The summed E-state index contributed by atoms with van der Waals surface area (Å²) in [6.45, 7) is 4.73. The molecule has 0 spiro atoms. The lowest BCUT2D eigenvalue weighted by Crippen LogP contribution is -2.44. The highest BCUT2D eigenvalue weighted by atomic mass is 35.5. The number of hydrogen-bond acceptors (Lipinski definition) is 5. The van der Waals surface area contributed by atoms with Crippen LogP contribution in [0.2, 0.25) is 10.0 Å². The second-order valence-corrected chi connectivity index (χ2v) is 11.5. The van der Waals surface area contributed by atoms with Crippen LogP contribution in [-0.2, 0) is 9.84 Å². The highest BCUT2D eigenvalue weighted by Crippen LogP contribution is 2.44. The van der Waals surface area contributed by atoms with Gasteiger partial charge in [-0.15, -0.1) is 0 Å². The first-order valence-corrected chi connectivity index (χ1v) is 13.0. The molecule has 2 atom stereocenters. The molecule has 1 aromatic heterocycles. The number of rotatable bonds is 3. The molecule has 1 aliphatic carbocycles. The van der Waals surface area contributed by atoms with Crippen LogP contribution < -0.4 is 5.32 Å². The summed E-state index contributed by atoms with van der Waals surface area (Å²) >= 11 is 12.2. The number of nitrogens with zero attached hydrogens (tertiary/aromatic N) is 2. The number of aromatic nitrogens is 1. The average molecular weight is 482 g/mol. The third kappa shape index (κ3) is 4.54. The first-order valence-electron chi connectivity index (χ1n) is 10.4. The lowest BCUT2D eigenvalue weighted by atomic mass is 9.76. The van der Waals surface area contributed by atoms with Gasteiger partial charge in [-0.3, -0.25) is 4.79 Å². The Hall–Kier alpha value is -1.83. The predicted molar refractivity (Wildman–Crippen MR) is 125 cm³/mol. The van der Waals surface area contributed by atoms with Crippen LogP contribution in [0.1, 0.15) is 60.0 Å². The summed E-state index contributed by atoms with van der Waals surface area (Å²) < 4.78 is 23.5. The molecule has 6 nitrogen and oxygen atoms in total. The van der Waals surface area contributed by atoms with E-state index in [0.29, 0.717) is 21.4 Å². The van der Waals surface area contributed by atoms with Crippen LogP contribution in [-0.4, -0.2) is 48.8 Å². The van der Waals surface area contributed by atoms with Crippen molar-refractivity contribution in [2.24, 2.45) is 0 Å². The zero-order valence-electron chi connectivity index (χ0n) is 17.5. The van der Waals surface area contributed by atoms with Crippen LogP contribution >= 0.6 is 23.2 Å². The molecule has 1 aromatic carbocycles. The Kier molecular flexibility index (Phi) is 6.21. The topological polar surface area (TPSA) is 79.4 Å². The fraction of sp³-hybridized carbons (Fsp3) is 0.455. The maximum atomic E-state index is 13.3. The monoisotopic (exact) mass is 481 g/mol. The smallest absolute Gasteiger partial charge is 0.255 e. The van der Waals surface area contributed by atoms with E-state index >= 15 is 0 Å². The highest BCUT2D eigenvalue weighted by molar-refractivity contribution is 7.91. The van der Waals surface area contributed by atoms with Gasteiger partial charge in [0.05, 0.1) is 27.1 Å². The molecule has 2 aliphatic rings. The molecule has 0 bridgehead atoms. The first kappa shape index (κ1) is 22.4. The average Bonchev–Trinajstić information content (AvgIpc) is 2.73. The molecule has 31 heavy (non-hydrogen) atoms. The quantitative estimate of drug-likeness (QED) is 0.666. The SMILES string of the molecule is CC1CCC(C)c2c(Nc3ccc(Cl)c(Cl)c3)ncc(C(=O)N3CCS(=O)(=O)CC3)c21. The van der Waals surface area contributed by atoms with Crippen LogP contribution in [0.4, 0.5) is 11.5 Å². The number of carbonyl (C=O) groups excluding carboxylic acids is 1. The Morgan fingerprint density at radius 1 is 1.06 bits per heavy atom.